The summed E-state index contributed by atoms with van der Waals surface area (Å²) in [6, 6.07) is 13.2. The fourth-order valence-corrected chi connectivity index (χ4v) is 5.45. The molecule has 4 aromatic rings. The summed E-state index contributed by atoms with van der Waals surface area (Å²) in [6.07, 6.45) is -0.414. The average Bonchev–Trinajstić information content (AvgIpc) is 3.63. The maximum absolute atomic E-state index is 13.3. The molecular weight excluding hydrogens is 524 g/mol. The first-order valence-corrected chi connectivity index (χ1v) is 14.0. The quantitative estimate of drug-likeness (QED) is 0.251. The van der Waals surface area contributed by atoms with Crippen molar-refractivity contribution in [2.45, 2.75) is 39.2 Å². The van der Waals surface area contributed by atoms with E-state index in [1.165, 1.54) is 27.6 Å². The lowest BCUT2D eigenvalue weighted by Crippen LogP contribution is -2.48. The fourth-order valence-electron chi connectivity index (χ4n) is 3.94. The van der Waals surface area contributed by atoms with Gasteiger partial charge in [0.25, 0.3) is 5.91 Å². The number of amides is 3. The highest BCUT2D eigenvalue weighted by Crippen LogP contribution is 2.32. The molecule has 3 heterocycles. The number of benzene rings is 1. The maximum Gasteiger partial charge on any atom is 0.407 e. The van der Waals surface area contributed by atoms with Gasteiger partial charge in [-0.2, -0.15) is 0 Å². The first kappa shape index (κ1) is 27.3. The number of rotatable bonds is 10. The van der Waals surface area contributed by atoms with E-state index in [4.69, 9.17) is 4.42 Å². The molecule has 0 bridgehead atoms. The van der Waals surface area contributed by atoms with Crippen LogP contribution in [0.4, 0.5) is 9.93 Å². The summed E-state index contributed by atoms with van der Waals surface area (Å²) in [5.74, 6) is 0.255. The highest BCUT2D eigenvalue weighted by Gasteiger charge is 2.26. The van der Waals surface area contributed by atoms with Crippen molar-refractivity contribution in [2.75, 3.05) is 24.5 Å². The summed E-state index contributed by atoms with van der Waals surface area (Å²) < 4.78 is 5.93. The molecule has 0 aliphatic carbocycles. The number of fused-ring (bicyclic) bond motifs is 1. The molecule has 0 saturated carbocycles. The van der Waals surface area contributed by atoms with Crippen molar-refractivity contribution < 1.29 is 23.9 Å². The zero-order valence-electron chi connectivity index (χ0n) is 21.5. The summed E-state index contributed by atoms with van der Waals surface area (Å²) in [6.45, 7) is 6.13. The molecule has 38 heavy (non-hydrogen) atoms. The van der Waals surface area contributed by atoms with E-state index in [1.54, 1.807) is 31.7 Å². The number of hydrogen-bond acceptors (Lipinski definition) is 7. The number of carbonyl (C=O) groups excluding carboxylic acids is 2. The van der Waals surface area contributed by atoms with Gasteiger partial charge in [-0.15, -0.1) is 22.7 Å². The van der Waals surface area contributed by atoms with Gasteiger partial charge in [0.05, 0.1) is 4.88 Å². The van der Waals surface area contributed by atoms with Crippen LogP contribution in [0.3, 0.4) is 0 Å². The van der Waals surface area contributed by atoms with Crippen molar-refractivity contribution in [1.29, 1.82) is 0 Å². The smallest absolute Gasteiger partial charge is 0.407 e. The Morgan fingerprint density at radius 2 is 1.87 bits per heavy atom. The zero-order valence-corrected chi connectivity index (χ0v) is 23.1. The van der Waals surface area contributed by atoms with E-state index in [-0.39, 0.29) is 31.3 Å². The van der Waals surface area contributed by atoms with E-state index >= 15 is 0 Å². The van der Waals surface area contributed by atoms with Gasteiger partial charge in [0.1, 0.15) is 11.3 Å². The van der Waals surface area contributed by atoms with Crippen LogP contribution in [-0.4, -0.2) is 58.1 Å². The summed E-state index contributed by atoms with van der Waals surface area (Å²) in [4.78, 5) is 45.4. The Morgan fingerprint density at radius 1 is 1.08 bits per heavy atom. The van der Waals surface area contributed by atoms with Crippen molar-refractivity contribution in [3.63, 3.8) is 0 Å². The number of nitrogens with one attached hydrogen (secondary N) is 1. The number of aromatic nitrogens is 1. The minimum atomic E-state index is -1.03. The molecule has 0 aliphatic heterocycles. The van der Waals surface area contributed by atoms with E-state index in [2.05, 4.69) is 10.3 Å². The van der Waals surface area contributed by atoms with Gasteiger partial charge >= 0.3 is 6.09 Å². The molecule has 9 nitrogen and oxygen atoms in total. The summed E-state index contributed by atoms with van der Waals surface area (Å²) in [5.41, 5.74) is 0.849. The Hall–Kier alpha value is -3.70. The van der Waals surface area contributed by atoms with Gasteiger partial charge in [-0.05, 0) is 50.8 Å². The second-order valence-corrected chi connectivity index (χ2v) is 11.4. The number of carbonyl (C=O) groups is 3. The van der Waals surface area contributed by atoms with Crippen molar-refractivity contribution in [2.24, 2.45) is 0 Å². The van der Waals surface area contributed by atoms with Crippen molar-refractivity contribution in [3.8, 4) is 11.5 Å². The molecule has 0 unspecified atom stereocenters. The first-order valence-electron chi connectivity index (χ1n) is 12.2. The van der Waals surface area contributed by atoms with E-state index in [9.17, 15) is 19.5 Å². The number of furan rings is 1. The van der Waals surface area contributed by atoms with Gasteiger partial charge in [-0.3, -0.25) is 14.5 Å². The molecule has 0 radical (unpaired) electrons. The molecule has 0 aliphatic rings. The number of carboxylic acid groups (broad SMARTS) is 1. The van der Waals surface area contributed by atoms with Crippen LogP contribution >= 0.6 is 22.7 Å². The Morgan fingerprint density at radius 3 is 2.55 bits per heavy atom. The molecule has 1 aromatic carbocycles. The Bertz CT molecular complexity index is 1370. The lowest BCUT2D eigenvalue weighted by molar-refractivity contribution is -0.121. The topological polar surface area (TPSA) is 116 Å². The van der Waals surface area contributed by atoms with E-state index in [0.717, 1.165) is 11.0 Å². The Labute approximate surface area is 228 Å². The van der Waals surface area contributed by atoms with Gasteiger partial charge in [0.15, 0.2) is 10.9 Å². The second-order valence-electron chi connectivity index (χ2n) is 9.66. The number of anilines is 1. The van der Waals surface area contributed by atoms with Crippen LogP contribution in [-0.2, 0) is 4.79 Å². The van der Waals surface area contributed by atoms with Gasteiger partial charge in [-0.1, -0.05) is 24.3 Å². The molecule has 200 valence electrons. The molecule has 0 saturated heterocycles. The summed E-state index contributed by atoms with van der Waals surface area (Å²) in [7, 11) is 0. The zero-order chi connectivity index (χ0) is 27.3. The predicted octanol–water partition coefficient (Wildman–Crippen LogP) is 5.94. The third kappa shape index (κ3) is 6.59. The second kappa shape index (κ2) is 11.8. The lowest BCUT2D eigenvalue weighted by atomic mass is 10.1. The highest BCUT2D eigenvalue weighted by atomic mass is 32.1. The van der Waals surface area contributed by atoms with Crippen LogP contribution in [0.1, 0.15) is 43.3 Å². The molecule has 3 amide bonds. The van der Waals surface area contributed by atoms with E-state index in [1.807, 2.05) is 47.2 Å². The van der Waals surface area contributed by atoms with Crippen LogP contribution in [0.2, 0.25) is 0 Å². The number of nitrogens with zero attached hydrogens (tertiary/aromatic N) is 3. The number of thiazole rings is 1. The highest BCUT2D eigenvalue weighted by molar-refractivity contribution is 7.14. The lowest BCUT2D eigenvalue weighted by Gasteiger charge is -2.33. The normalized spacial score (nSPS) is 11.4. The standard InChI is InChI=1S/C27H30N4O5S2/c1-27(2,3)31(26(34)35)14-12-28-23(32)11-6-13-30(24(33)22-10-7-15-37-22)25-29-19(17-38-25)21-16-18-8-4-5-9-20(18)36-21/h4-5,7-10,15-17H,6,11-14H2,1-3H3,(H,28,32)(H,34,35). The summed E-state index contributed by atoms with van der Waals surface area (Å²) >= 11 is 2.70. The van der Waals surface area contributed by atoms with Crippen LogP contribution in [0.5, 0.6) is 0 Å². The van der Waals surface area contributed by atoms with Crippen LogP contribution in [0.15, 0.2) is 57.6 Å². The van der Waals surface area contributed by atoms with Crippen molar-refractivity contribution in [3.05, 3.63) is 58.1 Å². The van der Waals surface area contributed by atoms with Crippen LogP contribution in [0, 0.1) is 0 Å². The number of para-hydroxylation sites is 1. The van der Waals surface area contributed by atoms with E-state index < -0.39 is 11.6 Å². The molecule has 0 spiro atoms. The predicted molar refractivity (Wildman–Crippen MR) is 150 cm³/mol. The number of hydrogen-bond donors (Lipinski definition) is 2. The van der Waals surface area contributed by atoms with Crippen LogP contribution < -0.4 is 10.2 Å². The van der Waals surface area contributed by atoms with Gasteiger partial charge in [-0.25, -0.2) is 9.78 Å². The van der Waals surface area contributed by atoms with Gasteiger partial charge in [0, 0.05) is 42.4 Å². The monoisotopic (exact) mass is 554 g/mol. The number of thiophene rings is 1. The average molecular weight is 555 g/mol. The third-order valence-electron chi connectivity index (χ3n) is 5.86. The van der Waals surface area contributed by atoms with Crippen molar-refractivity contribution >= 4 is 56.7 Å². The maximum atomic E-state index is 13.3. The largest absolute Gasteiger partial charge is 0.465 e. The molecule has 0 atom stereocenters. The minimum Gasteiger partial charge on any atom is -0.465 e. The fraction of sp³-hybridized carbons (Fsp3) is 0.333. The molecule has 4 rings (SSSR count). The van der Waals surface area contributed by atoms with Crippen molar-refractivity contribution in [1.82, 2.24) is 15.2 Å². The molecule has 3 aromatic heterocycles. The van der Waals surface area contributed by atoms with E-state index in [0.29, 0.717) is 34.4 Å². The van der Waals surface area contributed by atoms with Gasteiger partial charge in [0.2, 0.25) is 5.91 Å². The van der Waals surface area contributed by atoms with Crippen LogP contribution in [0.25, 0.3) is 22.4 Å². The third-order valence-corrected chi connectivity index (χ3v) is 7.58. The SMILES string of the molecule is CC(C)(C)N(CCNC(=O)CCCN(C(=O)c1cccs1)c1nc(-c2cc3ccccc3o2)cs1)C(=O)O. The van der Waals surface area contributed by atoms with Gasteiger partial charge < -0.3 is 19.7 Å². The first-order chi connectivity index (χ1) is 18.1. The molecule has 2 N–H and O–H groups in total. The molecule has 0 fully saturated rings. The Balaban J connectivity index is 1.40. The Kier molecular flexibility index (Phi) is 8.48. The molecule has 11 heteroatoms. The molecular formula is C27H30N4O5S2. The summed E-state index contributed by atoms with van der Waals surface area (Å²) in [5, 5.41) is 17.4. The minimum absolute atomic E-state index is 0.173.